The lowest BCUT2D eigenvalue weighted by Gasteiger charge is -2.16. The van der Waals surface area contributed by atoms with Gasteiger partial charge >= 0.3 is 0 Å². The van der Waals surface area contributed by atoms with Gasteiger partial charge in [0.1, 0.15) is 0 Å². The number of hydrogen-bond donors (Lipinski definition) is 1. The van der Waals surface area contributed by atoms with Crippen LogP contribution in [-0.2, 0) is 6.54 Å². The summed E-state index contributed by atoms with van der Waals surface area (Å²) < 4.78 is 0. The molecule has 0 aliphatic heterocycles. The molecule has 0 atom stereocenters. The summed E-state index contributed by atoms with van der Waals surface area (Å²) in [6, 6.07) is 10.7. The minimum Gasteiger partial charge on any atom is -0.312 e. The van der Waals surface area contributed by atoms with Crippen LogP contribution in [0.15, 0.2) is 36.5 Å². The van der Waals surface area contributed by atoms with Crippen LogP contribution in [0.1, 0.15) is 31.2 Å². The summed E-state index contributed by atoms with van der Waals surface area (Å²) in [4.78, 5) is 4.37. The summed E-state index contributed by atoms with van der Waals surface area (Å²) in [5, 5.41) is 4.93. The number of benzene rings is 1. The summed E-state index contributed by atoms with van der Waals surface area (Å²) in [7, 11) is 0. The maximum Gasteiger partial charge on any atom is 0.0702 e. The third-order valence-corrected chi connectivity index (χ3v) is 4.83. The monoisotopic (exact) mass is 266 g/mol. The van der Waals surface area contributed by atoms with Crippen LogP contribution in [0.25, 0.3) is 10.9 Å². The number of nitrogens with one attached hydrogen (secondary N) is 1. The van der Waals surface area contributed by atoms with Gasteiger partial charge in [0.05, 0.1) is 5.52 Å². The molecule has 2 aromatic rings. The summed E-state index contributed by atoms with van der Waals surface area (Å²) in [6.07, 6.45) is 7.76. The fourth-order valence-electron chi connectivity index (χ4n) is 3.39. The molecule has 4 rings (SSSR count). The molecule has 0 saturated heterocycles. The normalized spacial score (nSPS) is 18.9. The second-order valence-corrected chi connectivity index (χ2v) is 6.50. The largest absolute Gasteiger partial charge is 0.312 e. The number of rotatable bonds is 6. The van der Waals surface area contributed by atoms with Gasteiger partial charge in [-0.05, 0) is 73.7 Å². The summed E-state index contributed by atoms with van der Waals surface area (Å²) in [5.74, 6) is 3.03. The van der Waals surface area contributed by atoms with Crippen molar-refractivity contribution >= 4 is 10.9 Å². The van der Waals surface area contributed by atoms with E-state index < -0.39 is 0 Å². The van der Waals surface area contributed by atoms with Crippen LogP contribution in [0, 0.1) is 17.8 Å². The van der Waals surface area contributed by atoms with Gasteiger partial charge in [0, 0.05) is 18.1 Å². The van der Waals surface area contributed by atoms with E-state index in [9.17, 15) is 0 Å². The van der Waals surface area contributed by atoms with Crippen molar-refractivity contribution in [3.63, 3.8) is 0 Å². The van der Waals surface area contributed by atoms with E-state index in [1.165, 1.54) is 43.2 Å². The molecule has 2 fully saturated rings. The molecule has 0 spiro atoms. The lowest BCUT2D eigenvalue weighted by molar-refractivity contribution is 0.378. The number of pyridine rings is 1. The van der Waals surface area contributed by atoms with E-state index in [-0.39, 0.29) is 0 Å². The smallest absolute Gasteiger partial charge is 0.0702 e. The highest BCUT2D eigenvalue weighted by Gasteiger charge is 2.40. The lowest BCUT2D eigenvalue weighted by Crippen LogP contribution is -2.25. The molecule has 1 aromatic heterocycles. The van der Waals surface area contributed by atoms with Gasteiger partial charge in [0.25, 0.3) is 0 Å². The molecule has 0 radical (unpaired) electrons. The van der Waals surface area contributed by atoms with Gasteiger partial charge in [-0.1, -0.05) is 12.1 Å². The average molecular weight is 266 g/mol. The van der Waals surface area contributed by atoms with Gasteiger partial charge in [-0.2, -0.15) is 0 Å². The highest BCUT2D eigenvalue weighted by Crippen LogP contribution is 2.48. The van der Waals surface area contributed by atoms with Crippen LogP contribution in [0.2, 0.25) is 0 Å². The van der Waals surface area contributed by atoms with E-state index in [1.54, 1.807) is 0 Å². The van der Waals surface area contributed by atoms with Crippen molar-refractivity contribution in [3.05, 3.63) is 42.1 Å². The molecule has 0 amide bonds. The maximum absolute atomic E-state index is 4.37. The molecule has 2 aliphatic rings. The Labute approximate surface area is 120 Å². The first-order chi connectivity index (χ1) is 9.90. The summed E-state index contributed by atoms with van der Waals surface area (Å²) in [5.41, 5.74) is 2.46. The molecular weight excluding hydrogens is 244 g/mol. The lowest BCUT2D eigenvalue weighted by atomic mass is 9.98. The number of nitrogens with zero attached hydrogens (tertiary/aromatic N) is 1. The molecule has 2 saturated carbocycles. The van der Waals surface area contributed by atoms with E-state index in [1.807, 2.05) is 12.3 Å². The molecule has 2 heteroatoms. The van der Waals surface area contributed by atoms with Gasteiger partial charge in [-0.3, -0.25) is 4.98 Å². The first-order valence-corrected chi connectivity index (χ1v) is 7.94. The Morgan fingerprint density at radius 1 is 1.10 bits per heavy atom. The maximum atomic E-state index is 4.37. The van der Waals surface area contributed by atoms with Gasteiger partial charge in [0.15, 0.2) is 0 Å². The fraction of sp³-hybridized carbons (Fsp3) is 0.500. The van der Waals surface area contributed by atoms with Crippen LogP contribution >= 0.6 is 0 Å². The molecular formula is C18H22N2. The highest BCUT2D eigenvalue weighted by molar-refractivity contribution is 5.78. The molecule has 1 aromatic carbocycles. The Morgan fingerprint density at radius 2 is 1.90 bits per heavy atom. The molecule has 2 aliphatic carbocycles. The van der Waals surface area contributed by atoms with Crippen molar-refractivity contribution in [2.24, 2.45) is 17.8 Å². The van der Waals surface area contributed by atoms with E-state index in [0.717, 1.165) is 29.8 Å². The first kappa shape index (κ1) is 12.3. The highest BCUT2D eigenvalue weighted by atomic mass is 14.9. The molecule has 1 heterocycles. The van der Waals surface area contributed by atoms with E-state index in [4.69, 9.17) is 0 Å². The topological polar surface area (TPSA) is 24.9 Å². The van der Waals surface area contributed by atoms with Crippen LogP contribution in [0.4, 0.5) is 0 Å². The Hall–Kier alpha value is -1.41. The van der Waals surface area contributed by atoms with E-state index in [2.05, 4.69) is 34.6 Å². The van der Waals surface area contributed by atoms with E-state index in [0.29, 0.717) is 0 Å². The quantitative estimate of drug-likeness (QED) is 0.861. The third kappa shape index (κ3) is 2.71. The molecule has 1 N–H and O–H groups in total. The zero-order valence-electron chi connectivity index (χ0n) is 11.9. The minimum absolute atomic E-state index is 0.956. The summed E-state index contributed by atoms with van der Waals surface area (Å²) >= 11 is 0. The number of hydrogen-bond acceptors (Lipinski definition) is 2. The second-order valence-electron chi connectivity index (χ2n) is 6.50. The van der Waals surface area contributed by atoms with Gasteiger partial charge in [-0.15, -0.1) is 0 Å². The van der Waals surface area contributed by atoms with Crippen molar-refractivity contribution in [3.8, 4) is 0 Å². The summed E-state index contributed by atoms with van der Waals surface area (Å²) in [6.45, 7) is 2.20. The van der Waals surface area contributed by atoms with Gasteiger partial charge in [-0.25, -0.2) is 0 Å². The Balaban J connectivity index is 1.37. The average Bonchev–Trinajstić information content (AvgIpc) is 3.37. The van der Waals surface area contributed by atoms with Crippen LogP contribution in [-0.4, -0.2) is 11.5 Å². The fourth-order valence-corrected chi connectivity index (χ4v) is 3.39. The predicted octanol–water partition coefficient (Wildman–Crippen LogP) is 3.76. The van der Waals surface area contributed by atoms with Crippen LogP contribution < -0.4 is 5.32 Å². The van der Waals surface area contributed by atoms with Crippen molar-refractivity contribution < 1.29 is 0 Å². The van der Waals surface area contributed by atoms with Crippen molar-refractivity contribution in [1.29, 1.82) is 0 Å². The number of aromatic nitrogens is 1. The van der Waals surface area contributed by atoms with Crippen molar-refractivity contribution in [1.82, 2.24) is 10.3 Å². The number of fused-ring (bicyclic) bond motifs is 1. The van der Waals surface area contributed by atoms with Crippen LogP contribution in [0.3, 0.4) is 0 Å². The van der Waals surface area contributed by atoms with Crippen LogP contribution in [0.5, 0.6) is 0 Å². The Kier molecular flexibility index (Phi) is 3.19. The van der Waals surface area contributed by atoms with E-state index >= 15 is 0 Å². The minimum atomic E-state index is 0.956. The zero-order valence-corrected chi connectivity index (χ0v) is 11.9. The molecule has 104 valence electrons. The molecule has 2 nitrogen and oxygen atoms in total. The predicted molar refractivity (Wildman–Crippen MR) is 82.4 cm³/mol. The molecule has 0 unspecified atom stereocenters. The second kappa shape index (κ2) is 5.17. The molecule has 20 heavy (non-hydrogen) atoms. The molecule has 0 bridgehead atoms. The standard InChI is InChI=1S/C18H22N2/c1-2-16-10-13(3-8-18(16)20-9-1)11-19-12-17(14-4-5-14)15-6-7-15/h1-3,8-10,14-15,17,19H,4-7,11-12H2. The zero-order chi connectivity index (χ0) is 13.4. The Morgan fingerprint density at radius 3 is 2.65 bits per heavy atom. The third-order valence-electron chi connectivity index (χ3n) is 4.83. The van der Waals surface area contributed by atoms with Gasteiger partial charge < -0.3 is 5.32 Å². The first-order valence-electron chi connectivity index (χ1n) is 7.94. The van der Waals surface area contributed by atoms with Crippen molar-refractivity contribution in [2.45, 2.75) is 32.2 Å². The van der Waals surface area contributed by atoms with Gasteiger partial charge in [0.2, 0.25) is 0 Å². The SMILES string of the molecule is c1cnc2ccc(CNCC(C3CC3)C3CC3)cc2c1. The Bertz CT molecular complexity index is 587. The van der Waals surface area contributed by atoms with Crippen molar-refractivity contribution in [2.75, 3.05) is 6.54 Å².